The molecule has 0 aliphatic rings. The third-order valence-electron chi connectivity index (χ3n) is 3.42. The molecule has 0 saturated carbocycles. The maximum Gasteiger partial charge on any atom is 0.408 e. The number of rotatable bonds is 8. The molecule has 0 fully saturated rings. The Kier molecular flexibility index (Phi) is 7.17. The summed E-state index contributed by atoms with van der Waals surface area (Å²) in [5, 5.41) is 2.32. The van der Waals surface area contributed by atoms with Gasteiger partial charge in [0.15, 0.2) is 0 Å². The van der Waals surface area contributed by atoms with Crippen LogP contribution in [0.2, 0.25) is 0 Å². The molecule has 0 heterocycles. The van der Waals surface area contributed by atoms with Crippen LogP contribution in [0.3, 0.4) is 0 Å². The van der Waals surface area contributed by atoms with E-state index in [1.54, 1.807) is 24.3 Å². The van der Waals surface area contributed by atoms with Gasteiger partial charge in [-0.25, -0.2) is 9.59 Å². The van der Waals surface area contributed by atoms with Crippen LogP contribution < -0.4 is 11.1 Å². The summed E-state index contributed by atoms with van der Waals surface area (Å²) in [7, 11) is 0. The van der Waals surface area contributed by atoms with E-state index in [4.69, 9.17) is 15.2 Å². The molecule has 0 saturated heterocycles. The number of alkyl carbamates (subject to hydrolysis) is 1. The fourth-order valence-corrected chi connectivity index (χ4v) is 2.13. The van der Waals surface area contributed by atoms with Crippen molar-refractivity contribution in [1.29, 1.82) is 0 Å². The lowest BCUT2D eigenvalue weighted by Crippen LogP contribution is -2.44. The van der Waals surface area contributed by atoms with Crippen molar-refractivity contribution in [3.8, 4) is 0 Å². The molecule has 3 N–H and O–H groups in total. The van der Waals surface area contributed by atoms with Gasteiger partial charge in [0, 0.05) is 0 Å². The molecule has 136 valence electrons. The number of carbonyl (C=O) groups is 3. The second-order valence-corrected chi connectivity index (χ2v) is 5.52. The number of esters is 1. The molecule has 0 spiro atoms. The molecule has 0 aliphatic heterocycles. The van der Waals surface area contributed by atoms with Crippen LogP contribution in [-0.4, -0.2) is 24.0 Å². The number of primary amides is 1. The highest BCUT2D eigenvalue weighted by atomic mass is 16.6. The van der Waals surface area contributed by atoms with E-state index >= 15 is 0 Å². The summed E-state index contributed by atoms with van der Waals surface area (Å²) in [4.78, 5) is 35.2. The lowest BCUT2D eigenvalue weighted by Gasteiger charge is -2.16. The van der Waals surface area contributed by atoms with Gasteiger partial charge in [0.1, 0.15) is 19.3 Å². The van der Waals surface area contributed by atoms with Crippen molar-refractivity contribution in [3.63, 3.8) is 0 Å². The van der Waals surface area contributed by atoms with Gasteiger partial charge in [-0.3, -0.25) is 4.79 Å². The topological polar surface area (TPSA) is 108 Å². The number of hydrogen-bond acceptors (Lipinski definition) is 5. The molecule has 2 aromatic carbocycles. The molecule has 2 amide bonds. The normalized spacial score (nSPS) is 11.2. The van der Waals surface area contributed by atoms with Gasteiger partial charge in [-0.15, -0.1) is 0 Å². The Bertz CT molecular complexity index is 734. The van der Waals surface area contributed by atoms with Crippen LogP contribution in [0, 0.1) is 0 Å². The first-order valence-corrected chi connectivity index (χ1v) is 8.00. The van der Waals surface area contributed by atoms with Crippen molar-refractivity contribution in [2.75, 3.05) is 0 Å². The molecule has 26 heavy (non-hydrogen) atoms. The van der Waals surface area contributed by atoms with Crippen LogP contribution >= 0.6 is 0 Å². The standard InChI is InChI=1S/C19H20N2O5/c20-17(22)11-16(18(23)25-12-14-7-3-1-4-8-14)21-19(24)26-13-15-9-5-2-6-10-15/h1-10,16H,11-13H2,(H2,20,22)(H,21,24)/t16-/m0/s1. The van der Waals surface area contributed by atoms with Gasteiger partial charge in [0.25, 0.3) is 0 Å². The van der Waals surface area contributed by atoms with E-state index in [0.29, 0.717) is 0 Å². The fourth-order valence-electron chi connectivity index (χ4n) is 2.13. The summed E-state index contributed by atoms with van der Waals surface area (Å²) in [6, 6.07) is 16.9. The first kappa shape index (κ1) is 19.0. The molecular formula is C19H20N2O5. The Morgan fingerprint density at radius 3 is 1.85 bits per heavy atom. The van der Waals surface area contributed by atoms with E-state index in [1.165, 1.54) is 0 Å². The predicted octanol–water partition coefficient (Wildman–Crippen LogP) is 1.90. The zero-order chi connectivity index (χ0) is 18.8. The highest BCUT2D eigenvalue weighted by molar-refractivity contribution is 5.87. The van der Waals surface area contributed by atoms with Crippen molar-refractivity contribution in [3.05, 3.63) is 71.8 Å². The first-order chi connectivity index (χ1) is 12.5. The molecule has 7 nitrogen and oxygen atoms in total. The Balaban J connectivity index is 1.87. The number of carbonyl (C=O) groups excluding carboxylic acids is 3. The molecule has 2 aromatic rings. The minimum Gasteiger partial charge on any atom is -0.459 e. The van der Waals surface area contributed by atoms with E-state index < -0.39 is 24.0 Å². The second-order valence-electron chi connectivity index (χ2n) is 5.52. The highest BCUT2D eigenvalue weighted by Gasteiger charge is 2.25. The number of hydrogen-bond donors (Lipinski definition) is 2. The number of nitrogens with two attached hydrogens (primary N) is 1. The van der Waals surface area contributed by atoms with Crippen molar-refractivity contribution in [2.45, 2.75) is 25.7 Å². The van der Waals surface area contributed by atoms with Gasteiger partial charge in [0.05, 0.1) is 6.42 Å². The van der Waals surface area contributed by atoms with Crippen molar-refractivity contribution in [2.24, 2.45) is 5.73 Å². The SMILES string of the molecule is NC(=O)C[C@H](NC(=O)OCc1ccccc1)C(=O)OCc1ccccc1. The molecule has 2 rings (SSSR count). The summed E-state index contributed by atoms with van der Waals surface area (Å²) >= 11 is 0. The average Bonchev–Trinajstić information content (AvgIpc) is 2.65. The molecule has 7 heteroatoms. The number of benzene rings is 2. The molecule has 0 aliphatic carbocycles. The van der Waals surface area contributed by atoms with Crippen LogP contribution in [0.1, 0.15) is 17.5 Å². The number of nitrogens with one attached hydrogen (secondary N) is 1. The zero-order valence-electron chi connectivity index (χ0n) is 14.1. The summed E-state index contributed by atoms with van der Waals surface area (Å²) < 4.78 is 10.2. The maximum absolute atomic E-state index is 12.2. The smallest absolute Gasteiger partial charge is 0.408 e. The van der Waals surface area contributed by atoms with Gasteiger partial charge >= 0.3 is 12.1 Å². The van der Waals surface area contributed by atoms with Gasteiger partial charge in [0.2, 0.25) is 5.91 Å². The van der Waals surface area contributed by atoms with E-state index in [0.717, 1.165) is 11.1 Å². The number of ether oxygens (including phenoxy) is 2. The van der Waals surface area contributed by atoms with Crippen LogP contribution in [0.25, 0.3) is 0 Å². The quantitative estimate of drug-likeness (QED) is 0.703. The van der Waals surface area contributed by atoms with E-state index in [9.17, 15) is 14.4 Å². The lowest BCUT2D eigenvalue weighted by molar-refractivity contribution is -0.148. The van der Waals surface area contributed by atoms with Gasteiger partial charge in [-0.2, -0.15) is 0 Å². The molecule has 0 aromatic heterocycles. The van der Waals surface area contributed by atoms with Gasteiger partial charge in [-0.05, 0) is 11.1 Å². The molecular weight excluding hydrogens is 336 g/mol. The highest BCUT2D eigenvalue weighted by Crippen LogP contribution is 2.05. The molecule has 0 unspecified atom stereocenters. The third kappa shape index (κ3) is 6.64. The summed E-state index contributed by atoms with van der Waals surface area (Å²) in [6.07, 6.45) is -1.22. The molecule has 1 atom stereocenters. The second kappa shape index (κ2) is 9.83. The predicted molar refractivity (Wildman–Crippen MR) is 93.6 cm³/mol. The fraction of sp³-hybridized carbons (Fsp3) is 0.211. The third-order valence-corrected chi connectivity index (χ3v) is 3.42. The van der Waals surface area contributed by atoms with Gasteiger partial charge in [-0.1, -0.05) is 60.7 Å². The minimum absolute atomic E-state index is 0.0235. The van der Waals surface area contributed by atoms with Crippen molar-refractivity contribution < 1.29 is 23.9 Å². The summed E-state index contributed by atoms with van der Waals surface area (Å²) in [6.45, 7) is 0.0602. The Morgan fingerprint density at radius 1 is 0.846 bits per heavy atom. The summed E-state index contributed by atoms with van der Waals surface area (Å²) in [5.41, 5.74) is 6.72. The van der Waals surface area contributed by atoms with E-state index in [1.807, 2.05) is 36.4 Å². The van der Waals surface area contributed by atoms with Crippen LogP contribution in [0.5, 0.6) is 0 Å². The minimum atomic E-state index is -1.21. The Labute approximate surface area is 151 Å². The van der Waals surface area contributed by atoms with Crippen LogP contribution in [-0.2, 0) is 32.3 Å². The van der Waals surface area contributed by atoms with E-state index in [2.05, 4.69) is 5.32 Å². The molecule has 0 radical (unpaired) electrons. The largest absolute Gasteiger partial charge is 0.459 e. The summed E-state index contributed by atoms with van der Waals surface area (Å²) in [5.74, 6) is -1.50. The average molecular weight is 356 g/mol. The number of amides is 2. The monoisotopic (exact) mass is 356 g/mol. The molecule has 0 bridgehead atoms. The maximum atomic E-state index is 12.2. The van der Waals surface area contributed by atoms with Crippen molar-refractivity contribution in [1.82, 2.24) is 5.32 Å². The van der Waals surface area contributed by atoms with Crippen LogP contribution in [0.4, 0.5) is 4.79 Å². The van der Waals surface area contributed by atoms with Gasteiger partial charge < -0.3 is 20.5 Å². The van der Waals surface area contributed by atoms with Crippen molar-refractivity contribution >= 4 is 18.0 Å². The zero-order valence-corrected chi connectivity index (χ0v) is 14.1. The Morgan fingerprint density at radius 2 is 1.35 bits per heavy atom. The van der Waals surface area contributed by atoms with Crippen LogP contribution in [0.15, 0.2) is 60.7 Å². The first-order valence-electron chi connectivity index (χ1n) is 8.00. The lowest BCUT2D eigenvalue weighted by atomic mass is 10.2. The Hall–Kier alpha value is -3.35. The van der Waals surface area contributed by atoms with E-state index in [-0.39, 0.29) is 19.6 Å².